The fourth-order valence-corrected chi connectivity index (χ4v) is 1.98. The van der Waals surface area contributed by atoms with Crippen molar-refractivity contribution in [1.82, 2.24) is 0 Å². The third kappa shape index (κ3) is 2.90. The molecule has 0 N–H and O–H groups in total. The molecule has 0 heterocycles. The first-order valence-corrected chi connectivity index (χ1v) is 6.24. The van der Waals surface area contributed by atoms with E-state index in [-0.39, 0.29) is 24.0 Å². The van der Waals surface area contributed by atoms with E-state index in [0.29, 0.717) is 6.42 Å². The molecule has 0 aromatic heterocycles. The summed E-state index contributed by atoms with van der Waals surface area (Å²) in [5.41, 5.74) is -5.36. The third-order valence-electron chi connectivity index (χ3n) is 2.55. The molecule has 3 nitrogen and oxygen atoms in total. The smallest absolute Gasteiger partial charge is 0.381 e. The second-order valence-electron chi connectivity index (χ2n) is 4.10. The van der Waals surface area contributed by atoms with Crippen LogP contribution >= 0.6 is 0 Å². The van der Waals surface area contributed by atoms with Crippen LogP contribution in [-0.4, -0.2) is 13.9 Å². The summed E-state index contributed by atoms with van der Waals surface area (Å²) >= 11 is 0. The number of halogens is 3. The molecule has 94 valence electrons. The molecular weight excluding hydrogens is 245 g/mol. The maximum Gasteiger partial charge on any atom is 0.534 e. The molecule has 1 rings (SSSR count). The molecule has 0 saturated carbocycles. The lowest BCUT2D eigenvalue weighted by molar-refractivity contribution is -0.0523. The van der Waals surface area contributed by atoms with Crippen molar-refractivity contribution in [2.24, 2.45) is 11.8 Å². The van der Waals surface area contributed by atoms with Gasteiger partial charge in [0.25, 0.3) is 0 Å². The second kappa shape index (κ2) is 4.27. The van der Waals surface area contributed by atoms with Gasteiger partial charge in [0.05, 0.1) is 0 Å². The predicted molar refractivity (Wildman–Crippen MR) is 51.7 cm³/mol. The Morgan fingerprint density at radius 3 is 2.38 bits per heavy atom. The zero-order valence-corrected chi connectivity index (χ0v) is 9.73. The summed E-state index contributed by atoms with van der Waals surface area (Å²) in [7, 11) is -5.50. The van der Waals surface area contributed by atoms with Crippen molar-refractivity contribution in [3.05, 3.63) is 11.8 Å². The van der Waals surface area contributed by atoms with Gasteiger partial charge in [-0.1, -0.05) is 13.8 Å². The predicted octanol–water partition coefficient (Wildman–Crippen LogP) is 2.80. The van der Waals surface area contributed by atoms with Crippen LogP contribution in [0.4, 0.5) is 13.2 Å². The minimum atomic E-state index is -5.50. The molecule has 1 unspecified atom stereocenters. The van der Waals surface area contributed by atoms with E-state index in [1.807, 2.05) is 13.8 Å². The number of alkyl halides is 3. The van der Waals surface area contributed by atoms with Gasteiger partial charge in [-0.25, -0.2) is 0 Å². The summed E-state index contributed by atoms with van der Waals surface area (Å²) in [6.45, 7) is 3.86. The molecule has 1 aliphatic rings. The third-order valence-corrected chi connectivity index (χ3v) is 3.56. The normalized spacial score (nSPS) is 22.4. The number of hydrogen-bond donors (Lipinski definition) is 0. The van der Waals surface area contributed by atoms with Crippen LogP contribution in [0.3, 0.4) is 0 Å². The van der Waals surface area contributed by atoms with E-state index in [2.05, 4.69) is 4.18 Å². The molecule has 0 aromatic rings. The van der Waals surface area contributed by atoms with Gasteiger partial charge in [-0.15, -0.1) is 0 Å². The van der Waals surface area contributed by atoms with Crippen LogP contribution in [0.2, 0.25) is 0 Å². The highest BCUT2D eigenvalue weighted by molar-refractivity contribution is 7.87. The van der Waals surface area contributed by atoms with Crippen molar-refractivity contribution in [1.29, 1.82) is 0 Å². The fraction of sp³-hybridized carbons (Fsp3) is 0.778. The summed E-state index contributed by atoms with van der Waals surface area (Å²) in [5, 5.41) is 0. The van der Waals surface area contributed by atoms with Gasteiger partial charge in [-0.05, 0) is 24.3 Å². The Kier molecular flexibility index (Phi) is 3.56. The molecule has 0 fully saturated rings. The van der Waals surface area contributed by atoms with Crippen LogP contribution in [0.15, 0.2) is 11.8 Å². The summed E-state index contributed by atoms with van der Waals surface area (Å²) in [6.07, 6.45) is 2.21. The molecular formula is C9H13F3O3S. The van der Waals surface area contributed by atoms with E-state index in [9.17, 15) is 21.6 Å². The largest absolute Gasteiger partial charge is 0.534 e. The van der Waals surface area contributed by atoms with E-state index < -0.39 is 15.6 Å². The van der Waals surface area contributed by atoms with Crippen LogP contribution in [0.25, 0.3) is 0 Å². The lowest BCUT2D eigenvalue weighted by Gasteiger charge is -2.14. The molecule has 0 bridgehead atoms. The van der Waals surface area contributed by atoms with Crippen LogP contribution in [0.5, 0.6) is 0 Å². The van der Waals surface area contributed by atoms with E-state index in [0.717, 1.165) is 0 Å². The van der Waals surface area contributed by atoms with Gasteiger partial charge in [0.15, 0.2) is 0 Å². The molecule has 0 aliphatic heterocycles. The fourth-order valence-electron chi connectivity index (χ4n) is 1.47. The van der Waals surface area contributed by atoms with Gasteiger partial charge in [-0.2, -0.15) is 21.6 Å². The zero-order chi connectivity index (χ0) is 12.6. The molecule has 0 aromatic carbocycles. The average Bonchev–Trinajstić information content (AvgIpc) is 2.49. The average molecular weight is 258 g/mol. The molecule has 0 radical (unpaired) electrons. The molecule has 1 aliphatic carbocycles. The number of allylic oxidation sites excluding steroid dienone is 2. The van der Waals surface area contributed by atoms with Crippen molar-refractivity contribution in [2.75, 3.05) is 0 Å². The van der Waals surface area contributed by atoms with Crippen LogP contribution in [0.1, 0.15) is 26.7 Å². The standard InChI is InChI=1S/C9H13F3O3S/c1-6(2)7-3-4-8(5-7)15-16(13,14)9(10,11)12/h4,6-7H,3,5H2,1-2H3. The maximum atomic E-state index is 12.0. The van der Waals surface area contributed by atoms with Gasteiger partial charge in [0.1, 0.15) is 5.76 Å². The summed E-state index contributed by atoms with van der Waals surface area (Å²) in [4.78, 5) is 0. The number of hydrogen-bond acceptors (Lipinski definition) is 3. The molecule has 1 atom stereocenters. The first-order chi connectivity index (χ1) is 7.13. The van der Waals surface area contributed by atoms with E-state index in [1.165, 1.54) is 6.08 Å². The van der Waals surface area contributed by atoms with Crippen molar-refractivity contribution in [3.8, 4) is 0 Å². The molecule has 16 heavy (non-hydrogen) atoms. The van der Waals surface area contributed by atoms with E-state index in [1.54, 1.807) is 0 Å². The maximum absolute atomic E-state index is 12.0. The second-order valence-corrected chi connectivity index (χ2v) is 5.64. The van der Waals surface area contributed by atoms with Crippen LogP contribution in [0, 0.1) is 11.8 Å². The zero-order valence-electron chi connectivity index (χ0n) is 8.91. The van der Waals surface area contributed by atoms with E-state index >= 15 is 0 Å². The van der Waals surface area contributed by atoms with Crippen molar-refractivity contribution >= 4 is 10.1 Å². The molecule has 7 heteroatoms. The topological polar surface area (TPSA) is 43.4 Å². The lowest BCUT2D eigenvalue weighted by atomic mass is 9.94. The minimum absolute atomic E-state index is 0.101. The Labute approximate surface area is 92.4 Å². The van der Waals surface area contributed by atoms with Gasteiger partial charge >= 0.3 is 15.6 Å². The highest BCUT2D eigenvalue weighted by atomic mass is 32.2. The SMILES string of the molecule is CC(C)C1CC=C(OS(=O)(=O)C(F)(F)F)C1. The van der Waals surface area contributed by atoms with Crippen molar-refractivity contribution in [2.45, 2.75) is 32.2 Å². The molecule has 0 saturated heterocycles. The number of rotatable bonds is 3. The van der Waals surface area contributed by atoms with Gasteiger partial charge in [0.2, 0.25) is 0 Å². The van der Waals surface area contributed by atoms with Crippen LogP contribution < -0.4 is 0 Å². The summed E-state index contributed by atoms with van der Waals surface area (Å²) < 4.78 is 61.5. The van der Waals surface area contributed by atoms with Gasteiger partial charge < -0.3 is 4.18 Å². The monoisotopic (exact) mass is 258 g/mol. The Bertz CT molecular complexity index is 381. The lowest BCUT2D eigenvalue weighted by Crippen LogP contribution is -2.25. The van der Waals surface area contributed by atoms with E-state index in [4.69, 9.17) is 0 Å². The summed E-state index contributed by atoms with van der Waals surface area (Å²) in [6, 6.07) is 0. The Morgan fingerprint density at radius 1 is 1.44 bits per heavy atom. The Balaban J connectivity index is 2.66. The van der Waals surface area contributed by atoms with Crippen molar-refractivity contribution < 1.29 is 25.8 Å². The van der Waals surface area contributed by atoms with Crippen molar-refractivity contribution in [3.63, 3.8) is 0 Å². The van der Waals surface area contributed by atoms with Gasteiger partial charge in [0, 0.05) is 6.42 Å². The highest BCUT2D eigenvalue weighted by Gasteiger charge is 2.49. The first kappa shape index (κ1) is 13.3. The molecule has 0 amide bonds. The first-order valence-electron chi connectivity index (χ1n) is 4.83. The van der Waals surface area contributed by atoms with Crippen LogP contribution in [-0.2, 0) is 14.3 Å². The molecule has 0 spiro atoms. The summed E-state index contributed by atoms with van der Waals surface area (Å²) in [5.74, 6) is 0.334. The minimum Gasteiger partial charge on any atom is -0.381 e. The Morgan fingerprint density at radius 2 is 2.00 bits per heavy atom. The highest BCUT2D eigenvalue weighted by Crippen LogP contribution is 2.35. The quantitative estimate of drug-likeness (QED) is 0.577. The van der Waals surface area contributed by atoms with Gasteiger partial charge in [-0.3, -0.25) is 0 Å². The Hall–Kier alpha value is -0.720.